The summed E-state index contributed by atoms with van der Waals surface area (Å²) in [5.41, 5.74) is 0.757. The van der Waals surface area contributed by atoms with Gasteiger partial charge in [-0.1, -0.05) is 5.16 Å². The van der Waals surface area contributed by atoms with Crippen molar-refractivity contribution in [2.24, 2.45) is 4.99 Å². The first kappa shape index (κ1) is 14.4. The van der Waals surface area contributed by atoms with Crippen LogP contribution in [0.5, 0.6) is 0 Å². The van der Waals surface area contributed by atoms with Gasteiger partial charge in [-0.25, -0.2) is 4.99 Å². The molecule has 0 aliphatic carbocycles. The van der Waals surface area contributed by atoms with E-state index in [-0.39, 0.29) is 12.5 Å². The van der Waals surface area contributed by atoms with Crippen LogP contribution < -0.4 is 10.6 Å². The molecule has 0 unspecified atom stereocenters. The van der Waals surface area contributed by atoms with Crippen molar-refractivity contribution in [3.8, 4) is 0 Å². The van der Waals surface area contributed by atoms with Crippen molar-refractivity contribution in [1.29, 1.82) is 0 Å². The van der Waals surface area contributed by atoms with Gasteiger partial charge in [0.2, 0.25) is 5.91 Å². The second-order valence-electron chi connectivity index (χ2n) is 4.63. The number of nitrogens with zero attached hydrogens (tertiary/aromatic N) is 3. The van der Waals surface area contributed by atoms with Gasteiger partial charge >= 0.3 is 0 Å². The Balaban J connectivity index is 1.81. The standard InChI is InChI=1S/C13H21N5O2/c1-2-14-13(15-9-11-5-8-20-17-11)16-10-12(19)18-6-3-4-7-18/h5,8H,2-4,6-7,9-10H2,1H3,(H2,14,15,16). The third-order valence-electron chi connectivity index (χ3n) is 3.10. The van der Waals surface area contributed by atoms with Crippen LogP contribution in [0.15, 0.2) is 21.8 Å². The molecule has 0 spiro atoms. The summed E-state index contributed by atoms with van der Waals surface area (Å²) in [5.74, 6) is 0.734. The number of carbonyl (C=O) groups excluding carboxylic acids is 1. The molecule has 1 aliphatic heterocycles. The summed E-state index contributed by atoms with van der Waals surface area (Å²) >= 11 is 0. The predicted molar refractivity (Wildman–Crippen MR) is 75.1 cm³/mol. The van der Waals surface area contributed by atoms with E-state index in [1.54, 1.807) is 6.07 Å². The van der Waals surface area contributed by atoms with Gasteiger partial charge in [0.1, 0.15) is 12.0 Å². The summed E-state index contributed by atoms with van der Waals surface area (Å²) in [6.07, 6.45) is 3.72. The summed E-state index contributed by atoms with van der Waals surface area (Å²) in [6, 6.07) is 1.77. The Morgan fingerprint density at radius 1 is 1.45 bits per heavy atom. The van der Waals surface area contributed by atoms with Crippen molar-refractivity contribution in [1.82, 2.24) is 20.7 Å². The van der Waals surface area contributed by atoms with Crippen molar-refractivity contribution in [3.05, 3.63) is 18.0 Å². The SMILES string of the molecule is CCNC(=NCc1ccon1)NCC(=O)N1CCCC1. The number of rotatable bonds is 5. The lowest BCUT2D eigenvalue weighted by atomic mass is 10.4. The van der Waals surface area contributed by atoms with Gasteiger partial charge in [0, 0.05) is 25.7 Å². The average Bonchev–Trinajstić information content (AvgIpc) is 3.13. The average molecular weight is 279 g/mol. The third kappa shape index (κ3) is 4.25. The van der Waals surface area contributed by atoms with Crippen LogP contribution in [-0.4, -0.2) is 48.1 Å². The van der Waals surface area contributed by atoms with E-state index in [1.807, 2.05) is 11.8 Å². The van der Waals surface area contributed by atoms with Gasteiger partial charge < -0.3 is 20.1 Å². The Bertz CT molecular complexity index is 438. The molecule has 110 valence electrons. The number of carbonyl (C=O) groups is 1. The predicted octanol–water partition coefficient (Wildman–Crippen LogP) is 0.352. The zero-order valence-corrected chi connectivity index (χ0v) is 11.8. The first-order chi connectivity index (χ1) is 9.79. The number of hydrogen-bond donors (Lipinski definition) is 2. The minimum absolute atomic E-state index is 0.120. The summed E-state index contributed by atoms with van der Waals surface area (Å²) in [7, 11) is 0. The molecule has 0 atom stereocenters. The van der Waals surface area contributed by atoms with Crippen LogP contribution in [0.3, 0.4) is 0 Å². The van der Waals surface area contributed by atoms with Crippen molar-refractivity contribution in [3.63, 3.8) is 0 Å². The molecule has 1 aromatic rings. The van der Waals surface area contributed by atoms with Gasteiger partial charge in [0.15, 0.2) is 5.96 Å². The van der Waals surface area contributed by atoms with Crippen molar-refractivity contribution in [2.45, 2.75) is 26.3 Å². The quantitative estimate of drug-likeness (QED) is 0.600. The topological polar surface area (TPSA) is 82.8 Å². The molecule has 7 heteroatoms. The number of hydrogen-bond acceptors (Lipinski definition) is 4. The van der Waals surface area contributed by atoms with Crippen LogP contribution in [-0.2, 0) is 11.3 Å². The molecule has 2 N–H and O–H groups in total. The zero-order chi connectivity index (χ0) is 14.2. The fourth-order valence-electron chi connectivity index (χ4n) is 2.06. The summed E-state index contributed by atoms with van der Waals surface area (Å²) in [4.78, 5) is 18.2. The number of amides is 1. The first-order valence-corrected chi connectivity index (χ1v) is 6.99. The number of aliphatic imine (C=N–C) groups is 1. The van der Waals surface area contributed by atoms with Gasteiger partial charge in [0.05, 0.1) is 13.1 Å². The van der Waals surface area contributed by atoms with Crippen molar-refractivity contribution >= 4 is 11.9 Å². The highest BCUT2D eigenvalue weighted by molar-refractivity contribution is 5.86. The summed E-state index contributed by atoms with van der Waals surface area (Å²) in [6.45, 7) is 5.15. The number of likely N-dealkylation sites (tertiary alicyclic amines) is 1. The van der Waals surface area contributed by atoms with E-state index in [2.05, 4.69) is 20.8 Å². The van der Waals surface area contributed by atoms with Gasteiger partial charge in [-0.15, -0.1) is 0 Å². The van der Waals surface area contributed by atoms with Gasteiger partial charge in [-0.3, -0.25) is 4.79 Å². The smallest absolute Gasteiger partial charge is 0.241 e. The van der Waals surface area contributed by atoms with Crippen LogP contribution in [0, 0.1) is 0 Å². The van der Waals surface area contributed by atoms with Gasteiger partial charge in [-0.2, -0.15) is 0 Å². The summed E-state index contributed by atoms with van der Waals surface area (Å²) < 4.78 is 4.75. The zero-order valence-electron chi connectivity index (χ0n) is 11.8. The van der Waals surface area contributed by atoms with Crippen molar-refractivity contribution < 1.29 is 9.32 Å². The van der Waals surface area contributed by atoms with E-state index < -0.39 is 0 Å². The number of nitrogens with one attached hydrogen (secondary N) is 2. The fraction of sp³-hybridized carbons (Fsp3) is 0.615. The first-order valence-electron chi connectivity index (χ1n) is 6.99. The molecule has 20 heavy (non-hydrogen) atoms. The minimum Gasteiger partial charge on any atom is -0.364 e. The molecule has 2 heterocycles. The Labute approximate surface area is 118 Å². The van der Waals surface area contributed by atoms with E-state index in [9.17, 15) is 4.79 Å². The minimum atomic E-state index is 0.120. The maximum absolute atomic E-state index is 11.9. The molecule has 1 saturated heterocycles. The van der Waals surface area contributed by atoms with Crippen LogP contribution in [0.1, 0.15) is 25.5 Å². The van der Waals surface area contributed by atoms with Crippen LogP contribution in [0.2, 0.25) is 0 Å². The molecular formula is C13H21N5O2. The van der Waals surface area contributed by atoms with E-state index in [0.29, 0.717) is 12.5 Å². The largest absolute Gasteiger partial charge is 0.364 e. The molecule has 1 amide bonds. The highest BCUT2D eigenvalue weighted by atomic mass is 16.5. The van der Waals surface area contributed by atoms with Crippen LogP contribution in [0.4, 0.5) is 0 Å². The Kier molecular flexibility index (Phi) is 5.40. The summed E-state index contributed by atoms with van der Waals surface area (Å²) in [5, 5.41) is 9.94. The molecule has 2 rings (SSSR count). The van der Waals surface area contributed by atoms with Crippen molar-refractivity contribution in [2.75, 3.05) is 26.2 Å². The van der Waals surface area contributed by atoms with E-state index in [0.717, 1.165) is 38.2 Å². The third-order valence-corrected chi connectivity index (χ3v) is 3.10. The lowest BCUT2D eigenvalue weighted by molar-refractivity contribution is -0.128. The van der Waals surface area contributed by atoms with E-state index in [1.165, 1.54) is 6.26 Å². The lowest BCUT2D eigenvalue weighted by Crippen LogP contribution is -2.44. The van der Waals surface area contributed by atoms with E-state index >= 15 is 0 Å². The maximum Gasteiger partial charge on any atom is 0.241 e. The molecule has 0 saturated carbocycles. The normalized spacial score (nSPS) is 15.4. The van der Waals surface area contributed by atoms with Gasteiger partial charge in [0.25, 0.3) is 0 Å². The molecule has 0 radical (unpaired) electrons. The second kappa shape index (κ2) is 7.52. The Morgan fingerprint density at radius 2 is 2.25 bits per heavy atom. The lowest BCUT2D eigenvalue weighted by Gasteiger charge is -2.17. The molecule has 1 fully saturated rings. The van der Waals surface area contributed by atoms with E-state index in [4.69, 9.17) is 4.52 Å². The van der Waals surface area contributed by atoms with Crippen LogP contribution in [0.25, 0.3) is 0 Å². The maximum atomic E-state index is 11.9. The molecule has 1 aromatic heterocycles. The highest BCUT2D eigenvalue weighted by Gasteiger charge is 2.17. The number of guanidine groups is 1. The second-order valence-corrected chi connectivity index (χ2v) is 4.63. The Morgan fingerprint density at radius 3 is 2.90 bits per heavy atom. The molecule has 0 aromatic carbocycles. The van der Waals surface area contributed by atoms with Crippen LogP contribution >= 0.6 is 0 Å². The monoisotopic (exact) mass is 279 g/mol. The Hall–Kier alpha value is -2.05. The highest BCUT2D eigenvalue weighted by Crippen LogP contribution is 2.06. The molecular weight excluding hydrogens is 258 g/mol. The van der Waals surface area contributed by atoms with Gasteiger partial charge in [-0.05, 0) is 19.8 Å². The molecule has 1 aliphatic rings. The molecule has 7 nitrogen and oxygen atoms in total. The number of aromatic nitrogens is 1. The molecule has 0 bridgehead atoms. The fourth-order valence-corrected chi connectivity index (χ4v) is 2.06.